The minimum atomic E-state index is -5.75. The molecule has 2 rings (SSSR count). The Bertz CT molecular complexity index is 809. The number of aromatic hydroxyl groups is 1. The number of benzene rings is 2. The second kappa shape index (κ2) is 5.92. The molecule has 0 heterocycles. The molecule has 0 saturated heterocycles. The van der Waals surface area contributed by atoms with Crippen LogP contribution in [0.1, 0.15) is 15.9 Å². The van der Waals surface area contributed by atoms with Gasteiger partial charge >= 0.3 is 15.6 Å². The standard InChI is InChI=1S/C14H9F3O5S/c15-14(16,17)23(20,21)22-12-7-3-10(4-8-12)13(19)9-1-5-11(18)6-2-9/h1-8,18H. The van der Waals surface area contributed by atoms with Crippen molar-refractivity contribution in [3.05, 3.63) is 59.7 Å². The third-order valence-corrected chi connectivity index (χ3v) is 3.71. The van der Waals surface area contributed by atoms with Gasteiger partial charge in [0.25, 0.3) is 0 Å². The van der Waals surface area contributed by atoms with Crippen LogP contribution in [-0.4, -0.2) is 24.8 Å². The molecule has 0 aliphatic carbocycles. The van der Waals surface area contributed by atoms with Gasteiger partial charge in [0.05, 0.1) is 0 Å². The first-order valence-corrected chi connectivity index (χ1v) is 7.45. The Labute approximate surface area is 129 Å². The zero-order valence-corrected chi connectivity index (χ0v) is 12.1. The molecular formula is C14H9F3O5S. The van der Waals surface area contributed by atoms with Gasteiger partial charge in [-0.05, 0) is 48.5 Å². The molecule has 2 aromatic rings. The lowest BCUT2D eigenvalue weighted by Gasteiger charge is -2.09. The maximum absolute atomic E-state index is 12.2. The quantitative estimate of drug-likeness (QED) is 0.523. The van der Waals surface area contributed by atoms with Gasteiger partial charge in [-0.15, -0.1) is 0 Å². The monoisotopic (exact) mass is 346 g/mol. The van der Waals surface area contributed by atoms with Crippen molar-refractivity contribution in [2.45, 2.75) is 5.51 Å². The molecule has 0 aromatic heterocycles. The van der Waals surface area contributed by atoms with Crippen molar-refractivity contribution < 1.29 is 35.7 Å². The van der Waals surface area contributed by atoms with Crippen molar-refractivity contribution in [2.75, 3.05) is 0 Å². The fourth-order valence-electron chi connectivity index (χ4n) is 1.62. The van der Waals surface area contributed by atoms with E-state index in [-0.39, 0.29) is 16.9 Å². The van der Waals surface area contributed by atoms with Gasteiger partial charge in [0.15, 0.2) is 5.78 Å². The van der Waals surface area contributed by atoms with Crippen molar-refractivity contribution in [2.24, 2.45) is 0 Å². The summed E-state index contributed by atoms with van der Waals surface area (Å²) in [5, 5.41) is 9.14. The molecule has 1 N–H and O–H groups in total. The number of phenolic OH excluding ortho intramolecular Hbond substituents is 1. The normalized spacial score (nSPS) is 12.0. The summed E-state index contributed by atoms with van der Waals surface area (Å²) in [5.74, 6) is -1.04. The average Bonchev–Trinajstić information content (AvgIpc) is 2.46. The van der Waals surface area contributed by atoms with Gasteiger partial charge in [0.1, 0.15) is 11.5 Å². The Morgan fingerprint density at radius 3 is 1.78 bits per heavy atom. The second-order valence-corrected chi connectivity index (χ2v) is 5.92. The first kappa shape index (κ1) is 16.8. The molecule has 2 aromatic carbocycles. The third kappa shape index (κ3) is 3.81. The van der Waals surface area contributed by atoms with Crippen LogP contribution in [0, 0.1) is 0 Å². The lowest BCUT2D eigenvalue weighted by molar-refractivity contribution is -0.0500. The molecule has 5 nitrogen and oxygen atoms in total. The number of ketones is 1. The summed E-state index contributed by atoms with van der Waals surface area (Å²) >= 11 is 0. The second-order valence-electron chi connectivity index (χ2n) is 4.38. The molecule has 0 radical (unpaired) electrons. The summed E-state index contributed by atoms with van der Waals surface area (Å²) in [6.07, 6.45) is 0. The van der Waals surface area contributed by atoms with Crippen LogP contribution in [-0.2, 0) is 10.1 Å². The molecule has 0 aliphatic rings. The van der Waals surface area contributed by atoms with Crippen LogP contribution < -0.4 is 4.18 Å². The minimum Gasteiger partial charge on any atom is -0.508 e. The maximum atomic E-state index is 12.2. The van der Waals surface area contributed by atoms with Crippen LogP contribution in [0.25, 0.3) is 0 Å². The molecule has 0 spiro atoms. The van der Waals surface area contributed by atoms with E-state index in [9.17, 15) is 26.4 Å². The predicted molar refractivity (Wildman–Crippen MR) is 73.6 cm³/mol. The topological polar surface area (TPSA) is 80.7 Å². The van der Waals surface area contributed by atoms with E-state index < -0.39 is 27.2 Å². The molecule has 0 amide bonds. The Hall–Kier alpha value is -2.55. The lowest BCUT2D eigenvalue weighted by Crippen LogP contribution is -2.28. The average molecular weight is 346 g/mol. The molecule has 0 bridgehead atoms. The van der Waals surface area contributed by atoms with Crippen LogP contribution in [0.5, 0.6) is 11.5 Å². The third-order valence-electron chi connectivity index (χ3n) is 2.74. The summed E-state index contributed by atoms with van der Waals surface area (Å²) in [7, 11) is -5.75. The van der Waals surface area contributed by atoms with E-state index in [1.165, 1.54) is 24.3 Å². The Balaban J connectivity index is 2.20. The lowest BCUT2D eigenvalue weighted by atomic mass is 10.0. The first-order chi connectivity index (χ1) is 10.6. The van der Waals surface area contributed by atoms with Crippen molar-refractivity contribution in [3.8, 4) is 11.5 Å². The van der Waals surface area contributed by atoms with Crippen LogP contribution >= 0.6 is 0 Å². The molecule has 0 aliphatic heterocycles. The van der Waals surface area contributed by atoms with Crippen molar-refractivity contribution >= 4 is 15.9 Å². The molecule has 0 atom stereocenters. The summed E-state index contributed by atoms with van der Waals surface area (Å²) in [6.45, 7) is 0. The van der Waals surface area contributed by atoms with Crippen LogP contribution in [0.15, 0.2) is 48.5 Å². The van der Waals surface area contributed by atoms with Crippen molar-refractivity contribution in [1.82, 2.24) is 0 Å². The number of carbonyl (C=O) groups excluding carboxylic acids is 1. The van der Waals surface area contributed by atoms with Gasteiger partial charge in [0.2, 0.25) is 0 Å². The van der Waals surface area contributed by atoms with Gasteiger partial charge in [-0.2, -0.15) is 21.6 Å². The fourth-order valence-corrected chi connectivity index (χ4v) is 2.07. The Morgan fingerprint density at radius 1 is 0.913 bits per heavy atom. The highest BCUT2D eigenvalue weighted by Crippen LogP contribution is 2.27. The van der Waals surface area contributed by atoms with E-state index in [0.717, 1.165) is 24.3 Å². The summed E-state index contributed by atoms with van der Waals surface area (Å²) in [4.78, 5) is 12.1. The molecule has 9 heteroatoms. The highest BCUT2D eigenvalue weighted by molar-refractivity contribution is 7.88. The maximum Gasteiger partial charge on any atom is 0.534 e. The van der Waals surface area contributed by atoms with E-state index in [0.29, 0.717) is 0 Å². The van der Waals surface area contributed by atoms with Gasteiger partial charge in [-0.3, -0.25) is 4.79 Å². The van der Waals surface area contributed by atoms with E-state index in [4.69, 9.17) is 5.11 Å². The van der Waals surface area contributed by atoms with Gasteiger partial charge in [-0.1, -0.05) is 0 Å². The highest BCUT2D eigenvalue weighted by Gasteiger charge is 2.48. The largest absolute Gasteiger partial charge is 0.534 e. The number of hydrogen-bond acceptors (Lipinski definition) is 5. The number of halogens is 3. The first-order valence-electron chi connectivity index (χ1n) is 6.05. The van der Waals surface area contributed by atoms with Gasteiger partial charge in [0, 0.05) is 11.1 Å². The molecule has 0 unspecified atom stereocenters. The summed E-state index contributed by atoms with van der Waals surface area (Å²) < 4.78 is 62.2. The van der Waals surface area contributed by atoms with Crippen LogP contribution in [0.4, 0.5) is 13.2 Å². The van der Waals surface area contributed by atoms with E-state index in [1.54, 1.807) is 0 Å². The molecule has 0 fully saturated rings. The smallest absolute Gasteiger partial charge is 0.508 e. The predicted octanol–water partition coefficient (Wildman–Crippen LogP) is 2.85. The van der Waals surface area contributed by atoms with Crippen molar-refractivity contribution in [3.63, 3.8) is 0 Å². The number of alkyl halides is 3. The molecule has 122 valence electrons. The Kier molecular flexibility index (Phi) is 4.33. The zero-order valence-electron chi connectivity index (χ0n) is 11.2. The van der Waals surface area contributed by atoms with E-state index >= 15 is 0 Å². The Morgan fingerprint density at radius 2 is 1.35 bits per heavy atom. The summed E-state index contributed by atoms with van der Waals surface area (Å²) in [6, 6.07) is 9.51. The molecular weight excluding hydrogens is 337 g/mol. The fraction of sp³-hybridized carbons (Fsp3) is 0.0714. The van der Waals surface area contributed by atoms with E-state index in [1.807, 2.05) is 0 Å². The number of phenols is 1. The van der Waals surface area contributed by atoms with Gasteiger partial charge in [-0.25, -0.2) is 0 Å². The SMILES string of the molecule is O=C(c1ccc(O)cc1)c1ccc(OS(=O)(=O)C(F)(F)F)cc1. The van der Waals surface area contributed by atoms with Crippen molar-refractivity contribution in [1.29, 1.82) is 0 Å². The number of hydrogen-bond donors (Lipinski definition) is 1. The van der Waals surface area contributed by atoms with Gasteiger partial charge < -0.3 is 9.29 Å². The number of carbonyl (C=O) groups is 1. The molecule has 23 heavy (non-hydrogen) atoms. The summed E-state index contributed by atoms with van der Waals surface area (Å²) in [5.41, 5.74) is -5.17. The van der Waals surface area contributed by atoms with Crippen LogP contribution in [0.2, 0.25) is 0 Å². The van der Waals surface area contributed by atoms with E-state index in [2.05, 4.69) is 4.18 Å². The highest BCUT2D eigenvalue weighted by atomic mass is 32.2. The zero-order chi connectivity index (χ0) is 17.3. The van der Waals surface area contributed by atoms with Crippen LogP contribution in [0.3, 0.4) is 0 Å². The molecule has 0 saturated carbocycles. The number of rotatable bonds is 4. The minimum absolute atomic E-state index is 0.0253.